The van der Waals surface area contributed by atoms with E-state index in [9.17, 15) is 18.0 Å². The number of benzene rings is 2. The number of nitrogens with one attached hydrogen (secondary N) is 1. The lowest BCUT2D eigenvalue weighted by Crippen LogP contribution is -2.53. The second-order valence-electron chi connectivity index (χ2n) is 8.65. The van der Waals surface area contributed by atoms with Gasteiger partial charge in [0.25, 0.3) is 0 Å². The normalized spacial score (nSPS) is 12.1. The average molecular weight is 488 g/mol. The van der Waals surface area contributed by atoms with Crippen LogP contribution in [0.3, 0.4) is 0 Å². The van der Waals surface area contributed by atoms with E-state index in [-0.39, 0.29) is 12.5 Å². The third kappa shape index (κ3) is 7.87. The first-order valence-corrected chi connectivity index (χ1v) is 13.6. The van der Waals surface area contributed by atoms with Crippen molar-refractivity contribution in [2.45, 2.75) is 53.0 Å². The van der Waals surface area contributed by atoms with Gasteiger partial charge in [0.1, 0.15) is 12.6 Å². The molecule has 2 amide bonds. The van der Waals surface area contributed by atoms with E-state index in [0.717, 1.165) is 33.7 Å². The summed E-state index contributed by atoms with van der Waals surface area (Å²) in [7, 11) is -3.73. The van der Waals surface area contributed by atoms with Crippen molar-refractivity contribution in [2.24, 2.45) is 0 Å². The van der Waals surface area contributed by atoms with Gasteiger partial charge >= 0.3 is 0 Å². The molecule has 0 spiro atoms. The number of rotatable bonds is 12. The van der Waals surface area contributed by atoms with Crippen LogP contribution in [-0.4, -0.2) is 57.1 Å². The SMILES string of the molecule is CCCNC(=O)[C@H](CC)N(CCc1ccccc1)C(=O)CN(c1cc(C)cc(C)c1)S(C)(=O)=O. The Bertz CT molecular complexity index is 1050. The first-order valence-electron chi connectivity index (χ1n) is 11.7. The minimum absolute atomic E-state index is 0.219. The molecule has 2 aromatic carbocycles. The predicted molar refractivity (Wildman–Crippen MR) is 137 cm³/mol. The minimum Gasteiger partial charge on any atom is -0.354 e. The van der Waals surface area contributed by atoms with Gasteiger partial charge in [0, 0.05) is 13.1 Å². The number of hydrogen-bond donors (Lipinski definition) is 1. The largest absolute Gasteiger partial charge is 0.354 e. The molecule has 8 heteroatoms. The standard InChI is InChI=1S/C26H37N3O4S/c1-6-14-27-26(31)24(7-2)28(15-13-22-11-9-8-10-12-22)25(30)19-29(34(5,32)33)23-17-20(3)16-21(4)18-23/h8-12,16-18,24H,6-7,13-15,19H2,1-5H3,(H,27,31)/t24-/m0/s1. The minimum atomic E-state index is -3.73. The maximum atomic E-state index is 13.6. The van der Waals surface area contributed by atoms with E-state index in [1.54, 1.807) is 12.1 Å². The number of amides is 2. The Hall–Kier alpha value is -2.87. The van der Waals surface area contributed by atoms with Crippen molar-refractivity contribution in [3.8, 4) is 0 Å². The van der Waals surface area contributed by atoms with Gasteiger partial charge in [-0.1, -0.05) is 50.2 Å². The highest BCUT2D eigenvalue weighted by molar-refractivity contribution is 7.92. The zero-order chi connectivity index (χ0) is 25.3. The van der Waals surface area contributed by atoms with Gasteiger partial charge in [-0.15, -0.1) is 0 Å². The molecule has 0 aliphatic carbocycles. The van der Waals surface area contributed by atoms with Gasteiger partial charge < -0.3 is 10.2 Å². The van der Waals surface area contributed by atoms with Crippen molar-refractivity contribution in [2.75, 3.05) is 30.2 Å². The second-order valence-corrected chi connectivity index (χ2v) is 10.6. The molecule has 0 radical (unpaired) electrons. The van der Waals surface area contributed by atoms with E-state index in [4.69, 9.17) is 0 Å². The molecule has 0 fully saturated rings. The van der Waals surface area contributed by atoms with E-state index in [0.29, 0.717) is 31.6 Å². The molecule has 2 aromatic rings. The summed E-state index contributed by atoms with van der Waals surface area (Å²) in [4.78, 5) is 28.0. The Morgan fingerprint density at radius 3 is 2.15 bits per heavy atom. The monoisotopic (exact) mass is 487 g/mol. The molecule has 0 saturated heterocycles. The number of hydrogen-bond acceptors (Lipinski definition) is 4. The Balaban J connectivity index is 2.37. The van der Waals surface area contributed by atoms with E-state index < -0.39 is 22.0 Å². The van der Waals surface area contributed by atoms with Crippen molar-refractivity contribution >= 4 is 27.5 Å². The average Bonchev–Trinajstić information content (AvgIpc) is 2.77. The molecule has 0 aliphatic rings. The van der Waals surface area contributed by atoms with Crippen molar-refractivity contribution in [1.29, 1.82) is 0 Å². The van der Waals surface area contributed by atoms with Gasteiger partial charge in [-0.3, -0.25) is 13.9 Å². The van der Waals surface area contributed by atoms with Crippen molar-refractivity contribution in [3.63, 3.8) is 0 Å². The molecular weight excluding hydrogens is 450 g/mol. The number of anilines is 1. The van der Waals surface area contributed by atoms with Gasteiger partial charge in [-0.05, 0) is 61.9 Å². The molecule has 1 atom stereocenters. The van der Waals surface area contributed by atoms with Crippen LogP contribution in [0, 0.1) is 13.8 Å². The third-order valence-corrected chi connectivity index (χ3v) is 6.73. The molecule has 2 rings (SSSR count). The second kappa shape index (κ2) is 12.6. The van der Waals surface area contributed by atoms with Crippen LogP contribution in [0.25, 0.3) is 0 Å². The number of nitrogens with zero attached hydrogens (tertiary/aromatic N) is 2. The van der Waals surface area contributed by atoms with Crippen LogP contribution in [0.2, 0.25) is 0 Å². The summed E-state index contributed by atoms with van der Waals surface area (Å²) in [6, 6.07) is 14.5. The highest BCUT2D eigenvalue weighted by Gasteiger charge is 2.31. The van der Waals surface area contributed by atoms with Gasteiger partial charge in [-0.2, -0.15) is 0 Å². The number of aryl methyl sites for hydroxylation is 2. The smallest absolute Gasteiger partial charge is 0.244 e. The van der Waals surface area contributed by atoms with Crippen molar-refractivity contribution in [1.82, 2.24) is 10.2 Å². The van der Waals surface area contributed by atoms with Crippen LogP contribution < -0.4 is 9.62 Å². The van der Waals surface area contributed by atoms with Crippen LogP contribution in [0.15, 0.2) is 48.5 Å². The van der Waals surface area contributed by atoms with Crippen molar-refractivity contribution < 1.29 is 18.0 Å². The van der Waals surface area contributed by atoms with Crippen LogP contribution in [0.4, 0.5) is 5.69 Å². The molecule has 0 unspecified atom stereocenters. The fraction of sp³-hybridized carbons (Fsp3) is 0.462. The summed E-state index contributed by atoms with van der Waals surface area (Å²) < 4.78 is 26.5. The first-order chi connectivity index (χ1) is 16.1. The van der Waals surface area contributed by atoms with Gasteiger partial charge in [0.15, 0.2) is 0 Å². The lowest BCUT2D eigenvalue weighted by molar-refractivity contribution is -0.139. The third-order valence-electron chi connectivity index (χ3n) is 5.59. The Labute approximate surface area is 204 Å². The zero-order valence-corrected chi connectivity index (χ0v) is 21.7. The summed E-state index contributed by atoms with van der Waals surface area (Å²) >= 11 is 0. The highest BCUT2D eigenvalue weighted by atomic mass is 32.2. The van der Waals surface area contributed by atoms with Gasteiger partial charge in [-0.25, -0.2) is 8.42 Å². The van der Waals surface area contributed by atoms with Gasteiger partial charge in [0.2, 0.25) is 21.8 Å². The molecule has 7 nitrogen and oxygen atoms in total. The molecule has 186 valence electrons. The lowest BCUT2D eigenvalue weighted by Gasteiger charge is -2.33. The summed E-state index contributed by atoms with van der Waals surface area (Å²) in [5.41, 5.74) is 3.29. The molecule has 0 aromatic heterocycles. The fourth-order valence-electron chi connectivity index (χ4n) is 3.97. The zero-order valence-electron chi connectivity index (χ0n) is 20.9. The van der Waals surface area contributed by atoms with Crippen LogP contribution in [0.5, 0.6) is 0 Å². The summed E-state index contributed by atoms with van der Waals surface area (Å²) in [5, 5.41) is 2.88. The highest BCUT2D eigenvalue weighted by Crippen LogP contribution is 2.22. The topological polar surface area (TPSA) is 86.8 Å². The molecular formula is C26H37N3O4S. The van der Waals surface area contributed by atoms with Gasteiger partial charge in [0.05, 0.1) is 11.9 Å². The quantitative estimate of drug-likeness (QED) is 0.497. The summed E-state index contributed by atoms with van der Waals surface area (Å²) in [6.07, 6.45) is 2.87. The lowest BCUT2D eigenvalue weighted by atomic mass is 10.1. The maximum Gasteiger partial charge on any atom is 0.244 e. The predicted octanol–water partition coefficient (Wildman–Crippen LogP) is 3.45. The van der Waals surface area contributed by atoms with Crippen molar-refractivity contribution in [3.05, 3.63) is 65.2 Å². The first kappa shape index (κ1) is 27.4. The van der Waals surface area contributed by atoms with Crippen LogP contribution >= 0.6 is 0 Å². The molecule has 34 heavy (non-hydrogen) atoms. The fourth-order valence-corrected chi connectivity index (χ4v) is 4.80. The molecule has 0 saturated carbocycles. The van der Waals surface area contributed by atoms with E-state index >= 15 is 0 Å². The molecule has 0 heterocycles. The number of carbonyl (C=O) groups is 2. The summed E-state index contributed by atoms with van der Waals surface area (Å²) in [5.74, 6) is -0.623. The van der Waals surface area contributed by atoms with Crippen LogP contribution in [0.1, 0.15) is 43.4 Å². The maximum absolute atomic E-state index is 13.6. The number of sulfonamides is 1. The van der Waals surface area contributed by atoms with E-state index in [1.807, 2.05) is 64.1 Å². The summed E-state index contributed by atoms with van der Waals surface area (Å²) in [6.45, 7) is 8.06. The molecule has 0 aliphatic heterocycles. The molecule has 0 bridgehead atoms. The number of carbonyl (C=O) groups excluding carboxylic acids is 2. The van der Waals surface area contributed by atoms with E-state index in [2.05, 4.69) is 5.32 Å². The Morgan fingerprint density at radius 1 is 1.00 bits per heavy atom. The van der Waals surface area contributed by atoms with E-state index in [1.165, 1.54) is 4.90 Å². The molecule has 1 N–H and O–H groups in total. The Morgan fingerprint density at radius 2 is 1.62 bits per heavy atom. The Kier molecular flexibility index (Phi) is 10.1. The van der Waals surface area contributed by atoms with Crippen LogP contribution in [-0.2, 0) is 26.0 Å².